The number of nitrogens with zero attached hydrogens (tertiary/aromatic N) is 4. The van der Waals surface area contributed by atoms with E-state index in [9.17, 15) is 18.4 Å². The van der Waals surface area contributed by atoms with Crippen LogP contribution in [0.2, 0.25) is 0 Å². The van der Waals surface area contributed by atoms with Gasteiger partial charge in [-0.15, -0.1) is 0 Å². The van der Waals surface area contributed by atoms with Crippen LogP contribution in [-0.4, -0.2) is 67.1 Å². The first kappa shape index (κ1) is 27.1. The second kappa shape index (κ2) is 10.4. The first-order chi connectivity index (χ1) is 19.6. The molecule has 4 aromatic rings. The lowest BCUT2D eigenvalue weighted by molar-refractivity contribution is -0.147. The normalized spacial score (nSPS) is 17.2. The minimum Gasteiger partial charge on any atom is -0.489 e. The number of rotatable bonds is 5. The first-order valence-electron chi connectivity index (χ1n) is 13.3. The van der Waals surface area contributed by atoms with E-state index in [0.717, 1.165) is 27.8 Å². The van der Waals surface area contributed by atoms with E-state index in [4.69, 9.17) is 4.74 Å². The Bertz CT molecular complexity index is 1650. The molecule has 2 aliphatic rings. The van der Waals surface area contributed by atoms with Crippen molar-refractivity contribution in [1.82, 2.24) is 20.4 Å². The zero-order chi connectivity index (χ0) is 28.9. The second-order valence-electron chi connectivity index (χ2n) is 10.6. The van der Waals surface area contributed by atoms with Gasteiger partial charge < -0.3 is 15.0 Å². The predicted octanol–water partition coefficient (Wildman–Crippen LogP) is 5.38. The number of H-pyrrole nitrogens is 1. The van der Waals surface area contributed by atoms with Gasteiger partial charge in [-0.2, -0.15) is 23.5 Å². The third kappa shape index (κ3) is 5.09. The molecule has 2 N–H and O–H groups in total. The molecule has 3 heterocycles. The fraction of sp³-hybridized carbons (Fsp3) is 0.333. The van der Waals surface area contributed by atoms with Crippen LogP contribution in [0.1, 0.15) is 16.7 Å². The molecule has 0 radical (unpaired) electrons. The third-order valence-electron chi connectivity index (χ3n) is 7.76. The molecule has 11 heteroatoms. The average Bonchev–Trinajstić information content (AvgIpc) is 3.34. The fourth-order valence-electron chi connectivity index (χ4n) is 6.02. The fourth-order valence-corrected chi connectivity index (χ4v) is 6.02. The number of alkyl halides is 3. The van der Waals surface area contributed by atoms with Gasteiger partial charge in [0.2, 0.25) is 0 Å². The Morgan fingerprint density at radius 2 is 2.00 bits per heavy atom. The number of aromatic nitrogens is 2. The molecule has 6 rings (SSSR count). The van der Waals surface area contributed by atoms with Crippen LogP contribution in [0.5, 0.6) is 5.75 Å². The van der Waals surface area contributed by atoms with E-state index in [1.165, 1.54) is 11.0 Å². The molecule has 3 aromatic carbocycles. The molecule has 0 aliphatic carbocycles. The number of hydrogen-bond acceptors (Lipinski definition) is 6. The Balaban J connectivity index is 1.35. The number of anilines is 1. The number of fused-ring (bicyclic) bond motifs is 4. The van der Waals surface area contributed by atoms with Gasteiger partial charge in [0.25, 0.3) is 0 Å². The second-order valence-corrected chi connectivity index (χ2v) is 10.6. The van der Waals surface area contributed by atoms with Crippen LogP contribution in [0, 0.1) is 24.1 Å². The van der Waals surface area contributed by atoms with Crippen LogP contribution in [-0.2, 0) is 6.54 Å². The van der Waals surface area contributed by atoms with Crippen LogP contribution < -0.4 is 15.0 Å². The molecule has 0 spiro atoms. The Morgan fingerprint density at radius 1 is 1.17 bits per heavy atom. The number of aromatic amines is 1. The molecule has 7 nitrogen and oxygen atoms in total. The number of halogens is 4. The summed E-state index contributed by atoms with van der Waals surface area (Å²) >= 11 is 0. The number of nitriles is 1. The topological polar surface area (TPSA) is 80.2 Å². The zero-order valence-electron chi connectivity index (χ0n) is 22.6. The average molecular weight is 565 g/mol. The number of piperazine rings is 1. The standard InChI is InChI=1S/C30H28F4N6O/c1-17-7-18(13-36-2)8-24(31)28(17)22-11-23-25(9-20(22)12-35)37-38-29(23)19-3-4-26-27(10-19)41-15-21-14-39(5-6-40(21)26)16-30(32,33)34/h3-4,7-11,21,36H,5-6,13-16H2,1-2H3,(H,37,38). The molecule has 41 heavy (non-hydrogen) atoms. The van der Waals surface area contributed by atoms with E-state index >= 15 is 4.39 Å². The molecular weight excluding hydrogens is 536 g/mol. The lowest BCUT2D eigenvalue weighted by Gasteiger charge is -2.45. The van der Waals surface area contributed by atoms with Gasteiger partial charge in [-0.25, -0.2) is 4.39 Å². The summed E-state index contributed by atoms with van der Waals surface area (Å²) in [5.41, 5.74) is 5.60. The highest BCUT2D eigenvalue weighted by molar-refractivity contribution is 5.98. The van der Waals surface area contributed by atoms with Crippen molar-refractivity contribution in [2.75, 3.05) is 44.7 Å². The number of nitrogens with one attached hydrogen (secondary N) is 2. The third-order valence-corrected chi connectivity index (χ3v) is 7.76. The van der Waals surface area contributed by atoms with E-state index in [2.05, 4.69) is 26.5 Å². The molecule has 1 atom stereocenters. The highest BCUT2D eigenvalue weighted by atomic mass is 19.4. The molecule has 212 valence electrons. The first-order valence-corrected chi connectivity index (χ1v) is 13.3. The van der Waals surface area contributed by atoms with Gasteiger partial charge in [-0.05, 0) is 55.4 Å². The van der Waals surface area contributed by atoms with Crippen LogP contribution in [0.15, 0.2) is 42.5 Å². The van der Waals surface area contributed by atoms with Crippen molar-refractivity contribution in [2.24, 2.45) is 0 Å². The number of hydrogen-bond donors (Lipinski definition) is 2. The maximum atomic E-state index is 15.4. The Hall–Kier alpha value is -4.14. The summed E-state index contributed by atoms with van der Waals surface area (Å²) in [6.45, 7) is 2.78. The lowest BCUT2D eigenvalue weighted by Crippen LogP contribution is -2.58. The number of aryl methyl sites for hydroxylation is 1. The van der Waals surface area contributed by atoms with E-state index in [1.807, 2.05) is 31.2 Å². The maximum Gasteiger partial charge on any atom is 0.401 e. The molecule has 1 unspecified atom stereocenters. The molecule has 0 amide bonds. The largest absolute Gasteiger partial charge is 0.489 e. The van der Waals surface area contributed by atoms with Crippen molar-refractivity contribution >= 4 is 16.6 Å². The predicted molar refractivity (Wildman–Crippen MR) is 148 cm³/mol. The van der Waals surface area contributed by atoms with E-state index in [1.54, 1.807) is 19.2 Å². The van der Waals surface area contributed by atoms with E-state index in [0.29, 0.717) is 53.3 Å². The van der Waals surface area contributed by atoms with E-state index < -0.39 is 18.5 Å². The summed E-state index contributed by atoms with van der Waals surface area (Å²) in [5.74, 6) is 0.235. The SMILES string of the molecule is CNCc1cc(C)c(-c2cc3c(-c4ccc5c(c4)OCC4CN(CC(F)(F)F)CCN54)n[nH]c3cc2C#N)c(F)c1. The minimum atomic E-state index is -4.23. The van der Waals surface area contributed by atoms with Crippen LogP contribution in [0.3, 0.4) is 0 Å². The van der Waals surface area contributed by atoms with Crippen molar-refractivity contribution < 1.29 is 22.3 Å². The monoisotopic (exact) mass is 564 g/mol. The minimum absolute atomic E-state index is 0.166. The summed E-state index contributed by atoms with van der Waals surface area (Å²) in [4.78, 5) is 3.53. The van der Waals surface area contributed by atoms with Gasteiger partial charge in [0, 0.05) is 48.3 Å². The van der Waals surface area contributed by atoms with Gasteiger partial charge in [-0.3, -0.25) is 10.00 Å². The van der Waals surface area contributed by atoms with Gasteiger partial charge in [0.15, 0.2) is 0 Å². The van der Waals surface area contributed by atoms with Crippen LogP contribution >= 0.6 is 0 Å². The van der Waals surface area contributed by atoms with Crippen molar-refractivity contribution in [3.63, 3.8) is 0 Å². The quantitative estimate of drug-likeness (QED) is 0.317. The van der Waals surface area contributed by atoms with Gasteiger partial charge in [0.1, 0.15) is 23.9 Å². The highest BCUT2D eigenvalue weighted by Crippen LogP contribution is 2.41. The van der Waals surface area contributed by atoms with E-state index in [-0.39, 0.29) is 19.2 Å². The molecule has 2 aliphatic heterocycles. The maximum absolute atomic E-state index is 15.4. The Morgan fingerprint density at radius 3 is 2.73 bits per heavy atom. The van der Waals surface area contributed by atoms with Crippen LogP contribution in [0.4, 0.5) is 23.2 Å². The van der Waals surface area contributed by atoms with Crippen molar-refractivity contribution in [3.8, 4) is 34.2 Å². The van der Waals surface area contributed by atoms with Gasteiger partial charge >= 0.3 is 6.18 Å². The smallest absolute Gasteiger partial charge is 0.401 e. The van der Waals surface area contributed by atoms with Gasteiger partial charge in [0.05, 0.1) is 35.4 Å². The molecule has 1 aromatic heterocycles. The lowest BCUT2D eigenvalue weighted by atomic mass is 9.92. The zero-order valence-corrected chi connectivity index (χ0v) is 22.6. The summed E-state index contributed by atoms with van der Waals surface area (Å²) in [6, 6.07) is 14.6. The molecule has 1 fully saturated rings. The van der Waals surface area contributed by atoms with Crippen LogP contribution in [0.25, 0.3) is 33.3 Å². The highest BCUT2D eigenvalue weighted by Gasteiger charge is 2.38. The summed E-state index contributed by atoms with van der Waals surface area (Å²) in [6.07, 6.45) is -4.23. The van der Waals surface area contributed by atoms with Gasteiger partial charge in [-0.1, -0.05) is 12.1 Å². The van der Waals surface area contributed by atoms with Crippen molar-refractivity contribution in [2.45, 2.75) is 25.7 Å². The Kier molecular flexibility index (Phi) is 6.83. The van der Waals surface area contributed by atoms with Crippen molar-refractivity contribution in [3.05, 3.63) is 65.0 Å². The summed E-state index contributed by atoms with van der Waals surface area (Å²) < 4.78 is 60.1. The number of ether oxygens (including phenoxy) is 1. The summed E-state index contributed by atoms with van der Waals surface area (Å²) in [7, 11) is 1.80. The molecule has 0 saturated carbocycles. The van der Waals surface area contributed by atoms with Crippen molar-refractivity contribution in [1.29, 1.82) is 5.26 Å². The molecule has 0 bridgehead atoms. The Labute approximate surface area is 234 Å². The molecular formula is C30H28F4N6O. The summed E-state index contributed by atoms with van der Waals surface area (Å²) in [5, 5.41) is 21.1. The molecule has 1 saturated heterocycles. The number of benzene rings is 3.